The van der Waals surface area contributed by atoms with Crippen molar-refractivity contribution in [1.82, 2.24) is 21.3 Å². The first-order chi connectivity index (χ1) is 16.3. The van der Waals surface area contributed by atoms with Gasteiger partial charge in [0.2, 0.25) is 23.6 Å². The predicted molar refractivity (Wildman–Crippen MR) is 131 cm³/mol. The summed E-state index contributed by atoms with van der Waals surface area (Å²) in [5.74, 6) is -2.77. The minimum Gasteiger partial charge on any atom is -0.394 e. The zero-order valence-corrected chi connectivity index (χ0v) is 21.2. The SMILES string of the molecule is CC(=O)N[C@@H](CCCN=C(N)N)C(=O)N[C@@H](CO)C(=O)N[C@H](C(=O)N[C@H](C=O)CC(C)C)C(C)C. The summed E-state index contributed by atoms with van der Waals surface area (Å²) in [6.45, 7) is 7.97. The zero-order valence-electron chi connectivity index (χ0n) is 21.2. The maximum absolute atomic E-state index is 12.8. The number of rotatable bonds is 16. The van der Waals surface area contributed by atoms with Gasteiger partial charge in [-0.15, -0.1) is 0 Å². The van der Waals surface area contributed by atoms with Crippen molar-refractivity contribution in [2.75, 3.05) is 13.2 Å². The van der Waals surface area contributed by atoms with Gasteiger partial charge in [-0.25, -0.2) is 0 Å². The molecular formula is C22H41N7O6. The quantitative estimate of drug-likeness (QED) is 0.0538. The Hall–Kier alpha value is -3.22. The Bertz CT molecular complexity index is 753. The van der Waals surface area contributed by atoms with Gasteiger partial charge >= 0.3 is 0 Å². The number of carbonyl (C=O) groups excluding carboxylic acids is 5. The maximum atomic E-state index is 12.8. The highest BCUT2D eigenvalue weighted by molar-refractivity contribution is 5.94. The number of aliphatic hydroxyl groups is 1. The molecule has 0 unspecified atom stereocenters. The van der Waals surface area contributed by atoms with Gasteiger partial charge in [0.1, 0.15) is 24.4 Å². The van der Waals surface area contributed by atoms with E-state index in [0.717, 1.165) is 0 Å². The number of aliphatic imine (C=N–C) groups is 1. The molecule has 0 bridgehead atoms. The van der Waals surface area contributed by atoms with Crippen LogP contribution in [0.3, 0.4) is 0 Å². The minimum atomic E-state index is -1.37. The largest absolute Gasteiger partial charge is 0.394 e. The molecule has 4 atom stereocenters. The third kappa shape index (κ3) is 13.3. The molecule has 13 nitrogen and oxygen atoms in total. The molecule has 0 saturated heterocycles. The van der Waals surface area contributed by atoms with E-state index in [-0.39, 0.29) is 30.8 Å². The number of guanidine groups is 1. The summed E-state index contributed by atoms with van der Waals surface area (Å²) in [5, 5.41) is 19.7. The van der Waals surface area contributed by atoms with Crippen molar-refractivity contribution in [2.45, 2.75) is 78.0 Å². The van der Waals surface area contributed by atoms with Gasteiger partial charge < -0.3 is 42.6 Å². The average Bonchev–Trinajstić information content (AvgIpc) is 2.75. The number of aliphatic hydroxyl groups excluding tert-OH is 1. The van der Waals surface area contributed by atoms with E-state index in [4.69, 9.17) is 11.5 Å². The fraction of sp³-hybridized carbons (Fsp3) is 0.727. The molecule has 200 valence electrons. The molecule has 0 aromatic rings. The third-order valence-electron chi connectivity index (χ3n) is 4.92. The van der Waals surface area contributed by atoms with E-state index >= 15 is 0 Å². The Morgan fingerprint density at radius 3 is 1.97 bits per heavy atom. The van der Waals surface area contributed by atoms with Gasteiger partial charge in [0.15, 0.2) is 5.96 Å². The molecule has 0 aliphatic rings. The van der Waals surface area contributed by atoms with Crippen LogP contribution in [0.1, 0.15) is 53.9 Å². The zero-order chi connectivity index (χ0) is 27.1. The summed E-state index contributed by atoms with van der Waals surface area (Å²) in [5.41, 5.74) is 10.5. The Labute approximate surface area is 206 Å². The molecule has 4 amide bonds. The lowest BCUT2D eigenvalue weighted by Crippen LogP contribution is -2.59. The molecular weight excluding hydrogens is 458 g/mol. The molecule has 0 saturated carbocycles. The van der Waals surface area contributed by atoms with Crippen LogP contribution in [0.5, 0.6) is 0 Å². The summed E-state index contributed by atoms with van der Waals surface area (Å²) in [6.07, 6.45) is 1.64. The van der Waals surface area contributed by atoms with Crippen LogP contribution < -0.4 is 32.7 Å². The molecule has 13 heteroatoms. The Kier molecular flexibility index (Phi) is 14.9. The number of aldehydes is 1. The first-order valence-corrected chi connectivity index (χ1v) is 11.6. The van der Waals surface area contributed by atoms with E-state index in [9.17, 15) is 29.1 Å². The van der Waals surface area contributed by atoms with Crippen LogP contribution in [0.2, 0.25) is 0 Å². The number of nitrogens with two attached hydrogens (primary N) is 2. The van der Waals surface area contributed by atoms with Crippen molar-refractivity contribution in [1.29, 1.82) is 0 Å². The van der Waals surface area contributed by atoms with E-state index in [1.165, 1.54) is 6.92 Å². The van der Waals surface area contributed by atoms with Crippen molar-refractivity contribution in [2.24, 2.45) is 28.3 Å². The van der Waals surface area contributed by atoms with Crippen LogP contribution in [0, 0.1) is 11.8 Å². The number of nitrogens with one attached hydrogen (secondary N) is 4. The minimum absolute atomic E-state index is 0.102. The fourth-order valence-corrected chi connectivity index (χ4v) is 3.20. The summed E-state index contributed by atoms with van der Waals surface area (Å²) in [7, 11) is 0. The molecule has 0 spiro atoms. The lowest BCUT2D eigenvalue weighted by Gasteiger charge is -2.27. The number of amides is 4. The summed E-state index contributed by atoms with van der Waals surface area (Å²) in [6, 6.07) is -4.07. The van der Waals surface area contributed by atoms with Gasteiger partial charge in [-0.3, -0.25) is 24.2 Å². The smallest absolute Gasteiger partial charge is 0.245 e. The van der Waals surface area contributed by atoms with Gasteiger partial charge in [0.05, 0.1) is 12.6 Å². The van der Waals surface area contributed by atoms with Crippen LogP contribution in [-0.2, 0) is 24.0 Å². The Balaban J connectivity index is 5.28. The van der Waals surface area contributed by atoms with Gasteiger partial charge in [0, 0.05) is 13.5 Å². The second-order valence-corrected chi connectivity index (χ2v) is 9.06. The molecule has 0 fully saturated rings. The standard InChI is InChI=1S/C22H41N7O6/c1-12(2)9-15(10-30)27-21(35)18(13(3)4)29-20(34)17(11-31)28-19(33)16(26-14(5)32)7-6-8-25-22(23)24/h10,12-13,15-18,31H,6-9,11H2,1-5H3,(H,26,32)(H,27,35)(H,28,33)(H,29,34)(H4,23,24,25)/t15-,16-,17-,18-/m0/s1. The topological polar surface area (TPSA) is 218 Å². The molecule has 0 aromatic heterocycles. The predicted octanol–water partition coefficient (Wildman–Crippen LogP) is -2.11. The van der Waals surface area contributed by atoms with Crippen LogP contribution in [-0.4, -0.2) is 78.3 Å². The molecule has 35 heavy (non-hydrogen) atoms. The van der Waals surface area contributed by atoms with E-state index in [1.54, 1.807) is 13.8 Å². The van der Waals surface area contributed by atoms with E-state index < -0.39 is 54.4 Å². The number of carbonyl (C=O) groups is 5. The second kappa shape index (κ2) is 16.4. The van der Waals surface area contributed by atoms with Crippen molar-refractivity contribution in [3.8, 4) is 0 Å². The summed E-state index contributed by atoms with van der Waals surface area (Å²) < 4.78 is 0. The lowest BCUT2D eigenvalue weighted by atomic mass is 10.0. The monoisotopic (exact) mass is 499 g/mol. The number of hydrogen-bond acceptors (Lipinski definition) is 7. The Morgan fingerprint density at radius 2 is 1.51 bits per heavy atom. The number of nitrogens with zero attached hydrogens (tertiary/aromatic N) is 1. The first-order valence-electron chi connectivity index (χ1n) is 11.6. The summed E-state index contributed by atoms with van der Waals surface area (Å²) >= 11 is 0. The Morgan fingerprint density at radius 1 is 0.914 bits per heavy atom. The first kappa shape index (κ1) is 31.8. The van der Waals surface area contributed by atoms with Crippen LogP contribution in [0.25, 0.3) is 0 Å². The summed E-state index contributed by atoms with van der Waals surface area (Å²) in [4.78, 5) is 64.8. The third-order valence-corrected chi connectivity index (χ3v) is 4.92. The van der Waals surface area contributed by atoms with Gasteiger partial charge in [-0.2, -0.15) is 0 Å². The van der Waals surface area contributed by atoms with Gasteiger partial charge in [-0.1, -0.05) is 27.7 Å². The van der Waals surface area contributed by atoms with Crippen molar-refractivity contribution < 1.29 is 29.1 Å². The van der Waals surface area contributed by atoms with Crippen molar-refractivity contribution in [3.05, 3.63) is 0 Å². The lowest BCUT2D eigenvalue weighted by molar-refractivity contribution is -0.135. The molecule has 0 aliphatic heterocycles. The molecule has 9 N–H and O–H groups in total. The highest BCUT2D eigenvalue weighted by Crippen LogP contribution is 2.07. The van der Waals surface area contributed by atoms with Crippen molar-refractivity contribution >= 4 is 35.9 Å². The number of hydrogen-bond donors (Lipinski definition) is 7. The molecule has 0 rings (SSSR count). The van der Waals surface area contributed by atoms with Gasteiger partial charge in [-0.05, 0) is 31.1 Å². The molecule has 0 radical (unpaired) electrons. The van der Waals surface area contributed by atoms with E-state index in [2.05, 4.69) is 26.3 Å². The van der Waals surface area contributed by atoms with Crippen LogP contribution in [0.15, 0.2) is 4.99 Å². The van der Waals surface area contributed by atoms with Crippen LogP contribution in [0.4, 0.5) is 0 Å². The molecule has 0 aliphatic carbocycles. The normalized spacial score (nSPS) is 14.3. The van der Waals surface area contributed by atoms with Crippen molar-refractivity contribution in [3.63, 3.8) is 0 Å². The van der Waals surface area contributed by atoms with Gasteiger partial charge in [0.25, 0.3) is 0 Å². The van der Waals surface area contributed by atoms with Crippen LogP contribution >= 0.6 is 0 Å². The highest BCUT2D eigenvalue weighted by Gasteiger charge is 2.31. The van der Waals surface area contributed by atoms with E-state index in [0.29, 0.717) is 19.1 Å². The maximum Gasteiger partial charge on any atom is 0.245 e. The molecule has 0 aromatic carbocycles. The average molecular weight is 500 g/mol. The fourth-order valence-electron chi connectivity index (χ4n) is 3.20. The molecule has 0 heterocycles. The highest BCUT2D eigenvalue weighted by atomic mass is 16.3. The second-order valence-electron chi connectivity index (χ2n) is 9.06. The van der Waals surface area contributed by atoms with E-state index in [1.807, 2.05) is 13.8 Å².